The van der Waals surface area contributed by atoms with E-state index in [1.54, 1.807) is 0 Å². The smallest absolute Gasteiger partial charge is 0.225 e. The second kappa shape index (κ2) is 4.78. The third-order valence-corrected chi connectivity index (χ3v) is 2.82. The van der Waals surface area contributed by atoms with Gasteiger partial charge in [-0.15, -0.1) is 0 Å². The molecule has 4 nitrogen and oxygen atoms in total. The van der Waals surface area contributed by atoms with E-state index in [9.17, 15) is 0 Å². The van der Waals surface area contributed by atoms with Crippen LogP contribution in [0.5, 0.6) is 0 Å². The van der Waals surface area contributed by atoms with Gasteiger partial charge in [0.15, 0.2) is 0 Å². The van der Waals surface area contributed by atoms with Gasteiger partial charge in [-0.25, -0.2) is 9.97 Å². The van der Waals surface area contributed by atoms with Crippen molar-refractivity contribution in [2.75, 3.05) is 18.5 Å². The van der Waals surface area contributed by atoms with Crippen molar-refractivity contribution in [3.8, 4) is 0 Å². The molecule has 0 saturated heterocycles. The molecular formula is C12H22N4. The monoisotopic (exact) mass is 222 g/mol. The van der Waals surface area contributed by atoms with Crippen molar-refractivity contribution in [3.63, 3.8) is 0 Å². The fraction of sp³-hybridized carbons (Fsp3) is 0.667. The zero-order chi connectivity index (χ0) is 12.3. The molecule has 0 aliphatic rings. The van der Waals surface area contributed by atoms with Gasteiger partial charge in [-0.3, -0.25) is 0 Å². The quantitative estimate of drug-likeness (QED) is 0.843. The van der Waals surface area contributed by atoms with Crippen LogP contribution in [-0.2, 0) is 5.41 Å². The summed E-state index contributed by atoms with van der Waals surface area (Å²) >= 11 is 0. The average Bonchev–Trinajstić information content (AvgIpc) is 2.26. The standard InChI is InChI=1S/C12H22N4/c1-9(6-13)16(5)11-14-7-10(8-15-11)12(2,3)4/h7-9H,6,13H2,1-5H3. The number of nitrogens with two attached hydrogens (primary N) is 1. The molecular weight excluding hydrogens is 200 g/mol. The molecule has 90 valence electrons. The maximum atomic E-state index is 5.61. The Balaban J connectivity index is 2.87. The minimum absolute atomic E-state index is 0.0938. The lowest BCUT2D eigenvalue weighted by atomic mass is 9.89. The van der Waals surface area contributed by atoms with E-state index in [0.717, 1.165) is 11.5 Å². The number of likely N-dealkylation sites (N-methyl/N-ethyl adjacent to an activating group) is 1. The lowest BCUT2D eigenvalue weighted by Crippen LogP contribution is -2.36. The fourth-order valence-electron chi connectivity index (χ4n) is 1.25. The van der Waals surface area contributed by atoms with Gasteiger partial charge in [0.05, 0.1) is 0 Å². The van der Waals surface area contributed by atoms with E-state index in [4.69, 9.17) is 5.73 Å². The van der Waals surface area contributed by atoms with Crippen LogP contribution in [0.15, 0.2) is 12.4 Å². The third-order valence-electron chi connectivity index (χ3n) is 2.82. The number of rotatable bonds is 3. The second-order valence-electron chi connectivity index (χ2n) is 5.22. The summed E-state index contributed by atoms with van der Waals surface area (Å²) in [4.78, 5) is 10.7. The highest BCUT2D eigenvalue weighted by molar-refractivity contribution is 5.31. The molecule has 2 N–H and O–H groups in total. The first kappa shape index (κ1) is 12.9. The largest absolute Gasteiger partial charge is 0.340 e. The second-order valence-corrected chi connectivity index (χ2v) is 5.22. The van der Waals surface area contributed by atoms with Crippen molar-refractivity contribution in [1.29, 1.82) is 0 Å². The van der Waals surface area contributed by atoms with Crippen LogP contribution in [0.2, 0.25) is 0 Å². The first-order chi connectivity index (χ1) is 7.36. The summed E-state index contributed by atoms with van der Waals surface area (Å²) in [7, 11) is 1.96. The van der Waals surface area contributed by atoms with E-state index in [1.165, 1.54) is 0 Å². The van der Waals surface area contributed by atoms with Gasteiger partial charge in [-0.2, -0.15) is 0 Å². The summed E-state index contributed by atoms with van der Waals surface area (Å²) in [6.45, 7) is 9.11. The molecule has 0 fully saturated rings. The van der Waals surface area contributed by atoms with Crippen LogP contribution in [0.4, 0.5) is 5.95 Å². The van der Waals surface area contributed by atoms with Crippen LogP contribution in [0.25, 0.3) is 0 Å². The molecule has 1 rings (SSSR count). The predicted octanol–water partition coefficient (Wildman–Crippen LogP) is 1.56. The molecule has 1 heterocycles. The van der Waals surface area contributed by atoms with Crippen molar-refractivity contribution in [2.45, 2.75) is 39.2 Å². The van der Waals surface area contributed by atoms with E-state index in [0.29, 0.717) is 6.54 Å². The molecule has 0 aliphatic heterocycles. The van der Waals surface area contributed by atoms with Gasteiger partial charge in [-0.1, -0.05) is 20.8 Å². The average molecular weight is 222 g/mol. The molecule has 16 heavy (non-hydrogen) atoms. The van der Waals surface area contributed by atoms with Gasteiger partial charge in [0.25, 0.3) is 0 Å². The Morgan fingerprint density at radius 3 is 2.19 bits per heavy atom. The number of hydrogen-bond acceptors (Lipinski definition) is 4. The highest BCUT2D eigenvalue weighted by Crippen LogP contribution is 2.21. The number of aromatic nitrogens is 2. The van der Waals surface area contributed by atoms with Crippen LogP contribution in [0.1, 0.15) is 33.3 Å². The topological polar surface area (TPSA) is 55.0 Å². The van der Waals surface area contributed by atoms with E-state index >= 15 is 0 Å². The highest BCUT2D eigenvalue weighted by atomic mass is 15.2. The summed E-state index contributed by atoms with van der Waals surface area (Å²) in [5, 5.41) is 0. The van der Waals surface area contributed by atoms with Gasteiger partial charge in [0.1, 0.15) is 0 Å². The zero-order valence-electron chi connectivity index (χ0n) is 10.9. The van der Waals surface area contributed by atoms with Crippen LogP contribution >= 0.6 is 0 Å². The molecule has 1 unspecified atom stereocenters. The van der Waals surface area contributed by atoms with Gasteiger partial charge < -0.3 is 10.6 Å². The Labute approximate surface area is 97.9 Å². The first-order valence-electron chi connectivity index (χ1n) is 5.61. The van der Waals surface area contributed by atoms with Crippen molar-refractivity contribution in [1.82, 2.24) is 9.97 Å². The number of anilines is 1. The number of hydrogen-bond donors (Lipinski definition) is 1. The minimum Gasteiger partial charge on any atom is -0.340 e. The third kappa shape index (κ3) is 2.92. The molecule has 0 aromatic carbocycles. The van der Waals surface area contributed by atoms with E-state index in [-0.39, 0.29) is 11.5 Å². The first-order valence-corrected chi connectivity index (χ1v) is 5.61. The maximum Gasteiger partial charge on any atom is 0.225 e. The van der Waals surface area contributed by atoms with E-state index in [1.807, 2.05) is 24.3 Å². The Hall–Kier alpha value is -1.16. The van der Waals surface area contributed by atoms with Gasteiger partial charge >= 0.3 is 0 Å². The Morgan fingerprint density at radius 1 is 1.31 bits per heavy atom. The molecule has 0 radical (unpaired) electrons. The van der Waals surface area contributed by atoms with Crippen LogP contribution < -0.4 is 10.6 Å². The zero-order valence-corrected chi connectivity index (χ0v) is 10.9. The lowest BCUT2D eigenvalue weighted by Gasteiger charge is -2.24. The van der Waals surface area contributed by atoms with Crippen molar-refractivity contribution in [2.24, 2.45) is 5.73 Å². The summed E-state index contributed by atoms with van der Waals surface area (Å²) in [6, 6.07) is 0.250. The summed E-state index contributed by atoms with van der Waals surface area (Å²) in [5.74, 6) is 0.728. The SMILES string of the molecule is CC(CN)N(C)c1ncc(C(C)(C)C)cn1. The van der Waals surface area contributed by atoms with Crippen molar-refractivity contribution in [3.05, 3.63) is 18.0 Å². The summed E-state index contributed by atoms with van der Waals surface area (Å²) in [6.07, 6.45) is 3.78. The van der Waals surface area contributed by atoms with Crippen molar-refractivity contribution >= 4 is 5.95 Å². The molecule has 0 bridgehead atoms. The maximum absolute atomic E-state index is 5.61. The highest BCUT2D eigenvalue weighted by Gasteiger charge is 2.16. The van der Waals surface area contributed by atoms with Gasteiger partial charge in [0, 0.05) is 32.0 Å². The van der Waals surface area contributed by atoms with Gasteiger partial charge in [-0.05, 0) is 17.9 Å². The number of nitrogens with zero attached hydrogens (tertiary/aromatic N) is 3. The molecule has 1 atom stereocenters. The predicted molar refractivity (Wildman–Crippen MR) is 67.7 cm³/mol. The normalized spacial score (nSPS) is 13.6. The summed E-state index contributed by atoms with van der Waals surface area (Å²) < 4.78 is 0. The Kier molecular flexibility index (Phi) is 3.86. The van der Waals surface area contributed by atoms with Crippen molar-refractivity contribution < 1.29 is 0 Å². The van der Waals surface area contributed by atoms with E-state index in [2.05, 4.69) is 37.7 Å². The fourth-order valence-corrected chi connectivity index (χ4v) is 1.25. The van der Waals surface area contributed by atoms with Crippen LogP contribution in [-0.4, -0.2) is 29.6 Å². The summed E-state index contributed by atoms with van der Waals surface area (Å²) in [5.41, 5.74) is 6.85. The Bertz CT molecular complexity index is 326. The lowest BCUT2D eigenvalue weighted by molar-refractivity contribution is 0.582. The molecule has 0 spiro atoms. The van der Waals surface area contributed by atoms with Gasteiger partial charge in [0.2, 0.25) is 5.95 Å². The molecule has 1 aromatic heterocycles. The Morgan fingerprint density at radius 2 is 1.81 bits per heavy atom. The van der Waals surface area contributed by atoms with Crippen LogP contribution in [0.3, 0.4) is 0 Å². The van der Waals surface area contributed by atoms with Crippen LogP contribution in [0, 0.1) is 0 Å². The molecule has 0 amide bonds. The molecule has 0 saturated carbocycles. The molecule has 1 aromatic rings. The van der Waals surface area contributed by atoms with E-state index < -0.39 is 0 Å². The minimum atomic E-state index is 0.0938. The molecule has 0 aliphatic carbocycles. The molecule has 4 heteroatoms.